The number of furan rings is 1. The topological polar surface area (TPSA) is 88.9 Å². The van der Waals surface area contributed by atoms with Crippen LogP contribution in [0, 0.1) is 5.41 Å². The van der Waals surface area contributed by atoms with Crippen LogP contribution in [0.5, 0.6) is 0 Å². The van der Waals surface area contributed by atoms with Crippen molar-refractivity contribution >= 4 is 5.91 Å². The predicted octanol–water partition coefficient (Wildman–Crippen LogP) is 2.29. The van der Waals surface area contributed by atoms with Gasteiger partial charge in [0.05, 0.1) is 6.61 Å². The van der Waals surface area contributed by atoms with Crippen molar-refractivity contribution in [3.63, 3.8) is 0 Å². The number of ether oxygens (including phenoxy) is 1. The van der Waals surface area contributed by atoms with Gasteiger partial charge in [0.15, 0.2) is 5.76 Å². The first kappa shape index (κ1) is 19.9. The zero-order valence-electron chi connectivity index (χ0n) is 15.9. The molecular weight excluding hydrogens is 320 g/mol. The minimum atomic E-state index is -0.541. The Morgan fingerprint density at radius 1 is 1.48 bits per heavy atom. The third-order valence-electron chi connectivity index (χ3n) is 5.04. The molecule has 1 amide bonds. The first-order valence-electron chi connectivity index (χ1n) is 8.96. The summed E-state index contributed by atoms with van der Waals surface area (Å²) in [5.41, 5.74) is 6.08. The standard InChI is InChI=1S/C19H32N2O4/c1-18(2,3)16-14(10-15(25-16)17(20)23)11-21-8-5-6-19(12-21,13-22)7-9-24-4/h10,22H,5-9,11-13H2,1-4H3,(H2,20,23)/t19-/m0/s1. The maximum absolute atomic E-state index is 11.5. The lowest BCUT2D eigenvalue weighted by atomic mass is 9.78. The highest BCUT2D eigenvalue weighted by molar-refractivity contribution is 5.90. The fourth-order valence-corrected chi connectivity index (χ4v) is 3.72. The monoisotopic (exact) mass is 352 g/mol. The summed E-state index contributed by atoms with van der Waals surface area (Å²) < 4.78 is 11.0. The molecular formula is C19H32N2O4. The molecule has 1 atom stereocenters. The second kappa shape index (κ2) is 7.89. The maximum Gasteiger partial charge on any atom is 0.284 e. The highest BCUT2D eigenvalue weighted by atomic mass is 16.5. The molecule has 0 radical (unpaired) electrons. The first-order valence-corrected chi connectivity index (χ1v) is 8.96. The number of hydrogen-bond donors (Lipinski definition) is 2. The number of carbonyl (C=O) groups excluding carboxylic acids is 1. The number of carbonyl (C=O) groups is 1. The Morgan fingerprint density at radius 3 is 2.76 bits per heavy atom. The lowest BCUT2D eigenvalue weighted by Crippen LogP contribution is -2.45. The van der Waals surface area contributed by atoms with E-state index in [-0.39, 0.29) is 23.2 Å². The fraction of sp³-hybridized carbons (Fsp3) is 0.737. The van der Waals surface area contributed by atoms with E-state index in [1.165, 1.54) is 0 Å². The molecule has 0 bridgehead atoms. The number of primary amides is 1. The molecule has 1 aliphatic rings. The molecule has 0 unspecified atom stereocenters. The quantitative estimate of drug-likeness (QED) is 0.786. The number of aliphatic hydroxyl groups is 1. The van der Waals surface area contributed by atoms with Gasteiger partial charge in [0.2, 0.25) is 0 Å². The number of rotatable bonds is 7. The third kappa shape index (κ3) is 4.84. The highest BCUT2D eigenvalue weighted by Crippen LogP contribution is 2.35. The van der Waals surface area contributed by atoms with Crippen molar-refractivity contribution in [1.29, 1.82) is 0 Å². The molecule has 1 aromatic heterocycles. The Morgan fingerprint density at radius 2 is 2.20 bits per heavy atom. The minimum Gasteiger partial charge on any atom is -0.455 e. The summed E-state index contributed by atoms with van der Waals surface area (Å²) >= 11 is 0. The zero-order chi connectivity index (χ0) is 18.7. The van der Waals surface area contributed by atoms with E-state index in [4.69, 9.17) is 14.9 Å². The van der Waals surface area contributed by atoms with Gasteiger partial charge in [-0.15, -0.1) is 0 Å². The van der Waals surface area contributed by atoms with E-state index in [0.717, 1.165) is 43.7 Å². The summed E-state index contributed by atoms with van der Waals surface area (Å²) in [5.74, 6) is 0.475. The second-order valence-corrected chi connectivity index (χ2v) is 8.29. The molecule has 6 heteroatoms. The molecule has 3 N–H and O–H groups in total. The molecule has 6 nitrogen and oxygen atoms in total. The molecule has 2 heterocycles. The molecule has 0 spiro atoms. The summed E-state index contributed by atoms with van der Waals surface area (Å²) in [7, 11) is 1.69. The molecule has 0 aliphatic carbocycles. The summed E-state index contributed by atoms with van der Waals surface area (Å²) in [6.07, 6.45) is 2.89. The van der Waals surface area contributed by atoms with Crippen molar-refractivity contribution in [2.45, 2.75) is 52.0 Å². The first-order chi connectivity index (χ1) is 11.7. The lowest BCUT2D eigenvalue weighted by Gasteiger charge is -2.42. The van der Waals surface area contributed by atoms with Gasteiger partial charge in [-0.25, -0.2) is 0 Å². The number of piperidine rings is 1. The molecule has 1 aliphatic heterocycles. The van der Waals surface area contributed by atoms with Crippen molar-refractivity contribution in [2.24, 2.45) is 11.1 Å². The molecule has 1 saturated heterocycles. The van der Waals surface area contributed by atoms with Crippen LogP contribution in [0.4, 0.5) is 0 Å². The van der Waals surface area contributed by atoms with Gasteiger partial charge in [-0.1, -0.05) is 20.8 Å². The van der Waals surface area contributed by atoms with Gasteiger partial charge in [0.25, 0.3) is 5.91 Å². The maximum atomic E-state index is 11.5. The minimum absolute atomic E-state index is 0.119. The van der Waals surface area contributed by atoms with Crippen LogP contribution in [0.25, 0.3) is 0 Å². The molecule has 2 rings (SSSR count). The Hall–Kier alpha value is -1.37. The van der Waals surface area contributed by atoms with Crippen LogP contribution < -0.4 is 5.73 Å². The second-order valence-electron chi connectivity index (χ2n) is 8.29. The number of nitrogens with two attached hydrogens (primary N) is 1. The molecule has 0 aromatic carbocycles. The van der Waals surface area contributed by atoms with Gasteiger partial charge >= 0.3 is 0 Å². The Kier molecular flexibility index (Phi) is 6.30. The van der Waals surface area contributed by atoms with E-state index in [9.17, 15) is 9.90 Å². The molecule has 1 fully saturated rings. The Balaban J connectivity index is 2.19. The van der Waals surface area contributed by atoms with Gasteiger partial charge in [-0.2, -0.15) is 0 Å². The summed E-state index contributed by atoms with van der Waals surface area (Å²) in [6, 6.07) is 1.77. The van der Waals surface area contributed by atoms with E-state index in [2.05, 4.69) is 25.7 Å². The molecule has 1 aromatic rings. The van der Waals surface area contributed by atoms with Crippen LogP contribution in [-0.2, 0) is 16.7 Å². The number of methoxy groups -OCH3 is 1. The predicted molar refractivity (Wildman–Crippen MR) is 96.4 cm³/mol. The average molecular weight is 352 g/mol. The molecule has 25 heavy (non-hydrogen) atoms. The fourth-order valence-electron chi connectivity index (χ4n) is 3.72. The summed E-state index contributed by atoms with van der Waals surface area (Å²) in [5, 5.41) is 9.95. The van der Waals surface area contributed by atoms with Crippen molar-refractivity contribution in [2.75, 3.05) is 33.4 Å². The zero-order valence-corrected chi connectivity index (χ0v) is 15.9. The Bertz CT molecular complexity index is 591. The van der Waals surface area contributed by atoms with E-state index in [1.54, 1.807) is 13.2 Å². The summed E-state index contributed by atoms with van der Waals surface area (Å²) in [4.78, 5) is 13.9. The van der Waals surface area contributed by atoms with Crippen LogP contribution in [0.3, 0.4) is 0 Å². The molecule has 0 saturated carbocycles. The smallest absolute Gasteiger partial charge is 0.284 e. The van der Waals surface area contributed by atoms with Crippen molar-refractivity contribution in [1.82, 2.24) is 4.90 Å². The van der Waals surface area contributed by atoms with Crippen molar-refractivity contribution in [3.8, 4) is 0 Å². The van der Waals surface area contributed by atoms with E-state index in [1.807, 2.05) is 0 Å². The SMILES string of the molecule is COCC[C@@]1(CO)CCCN(Cc2cc(C(N)=O)oc2C(C)(C)C)C1. The van der Waals surface area contributed by atoms with Crippen LogP contribution >= 0.6 is 0 Å². The number of amides is 1. The van der Waals surface area contributed by atoms with Gasteiger partial charge in [0.1, 0.15) is 5.76 Å². The van der Waals surface area contributed by atoms with Crippen LogP contribution in [0.2, 0.25) is 0 Å². The highest BCUT2D eigenvalue weighted by Gasteiger charge is 2.35. The van der Waals surface area contributed by atoms with E-state index >= 15 is 0 Å². The Labute approximate surface area is 150 Å². The molecule has 142 valence electrons. The third-order valence-corrected chi connectivity index (χ3v) is 5.04. The van der Waals surface area contributed by atoms with Gasteiger partial charge < -0.3 is 20.0 Å². The number of hydrogen-bond acceptors (Lipinski definition) is 5. The van der Waals surface area contributed by atoms with Crippen molar-refractivity contribution in [3.05, 3.63) is 23.2 Å². The van der Waals surface area contributed by atoms with Crippen LogP contribution in [0.1, 0.15) is 61.9 Å². The summed E-state index contributed by atoms with van der Waals surface area (Å²) in [6.45, 7) is 9.48. The lowest BCUT2D eigenvalue weighted by molar-refractivity contribution is 0.00451. The normalized spacial score (nSPS) is 22.3. The van der Waals surface area contributed by atoms with Gasteiger partial charge in [0, 0.05) is 43.2 Å². The van der Waals surface area contributed by atoms with Crippen molar-refractivity contribution < 1.29 is 19.1 Å². The van der Waals surface area contributed by atoms with Gasteiger partial charge in [-0.3, -0.25) is 9.69 Å². The van der Waals surface area contributed by atoms with Gasteiger partial charge in [-0.05, 0) is 31.9 Å². The van der Waals surface area contributed by atoms with E-state index < -0.39 is 5.91 Å². The number of aliphatic hydroxyl groups excluding tert-OH is 1. The van der Waals surface area contributed by atoms with Crippen LogP contribution in [-0.4, -0.2) is 49.3 Å². The number of likely N-dealkylation sites (tertiary alicyclic amines) is 1. The number of nitrogens with zero attached hydrogens (tertiary/aromatic N) is 1. The largest absolute Gasteiger partial charge is 0.455 e. The van der Waals surface area contributed by atoms with E-state index in [0.29, 0.717) is 13.2 Å². The average Bonchev–Trinajstić information content (AvgIpc) is 2.97. The van der Waals surface area contributed by atoms with Crippen LogP contribution in [0.15, 0.2) is 10.5 Å².